The topological polar surface area (TPSA) is 79.7 Å². The molecule has 0 unspecified atom stereocenters. The first-order valence-electron chi connectivity index (χ1n) is 5.56. The summed E-state index contributed by atoms with van der Waals surface area (Å²) in [5, 5.41) is 8.79. The van der Waals surface area contributed by atoms with Crippen LogP contribution in [0.1, 0.15) is 16.1 Å². The lowest BCUT2D eigenvalue weighted by Gasteiger charge is -2.37. The van der Waals surface area contributed by atoms with Crippen molar-refractivity contribution in [2.75, 3.05) is 25.1 Å². The minimum Gasteiger partial charge on any atom is -0.481 e. The lowest BCUT2D eigenvalue weighted by atomic mass is 10.0. The van der Waals surface area contributed by atoms with E-state index in [0.717, 1.165) is 0 Å². The van der Waals surface area contributed by atoms with Gasteiger partial charge < -0.3 is 14.7 Å². The van der Waals surface area contributed by atoms with Crippen LogP contribution in [0.15, 0.2) is 12.1 Å². The average molecular weight is 250 g/mol. The SMILES string of the molecule is COC(=O)c1ccc(N2CC(C(=O)O)C2)nc1C. The van der Waals surface area contributed by atoms with Crippen molar-refractivity contribution in [3.05, 3.63) is 23.4 Å². The zero-order valence-corrected chi connectivity index (χ0v) is 10.2. The lowest BCUT2D eigenvalue weighted by Crippen LogP contribution is -2.50. The molecule has 96 valence electrons. The second-order valence-corrected chi connectivity index (χ2v) is 4.23. The van der Waals surface area contributed by atoms with Crippen LogP contribution in [0.5, 0.6) is 0 Å². The third-order valence-electron chi connectivity index (χ3n) is 3.03. The molecular formula is C12H14N2O4. The van der Waals surface area contributed by atoms with E-state index in [1.165, 1.54) is 7.11 Å². The third kappa shape index (κ3) is 2.13. The van der Waals surface area contributed by atoms with Gasteiger partial charge >= 0.3 is 11.9 Å². The Morgan fingerprint density at radius 1 is 1.44 bits per heavy atom. The minimum atomic E-state index is -0.783. The number of ether oxygens (including phenoxy) is 1. The van der Waals surface area contributed by atoms with Crippen LogP contribution in [0.25, 0.3) is 0 Å². The Morgan fingerprint density at radius 3 is 2.61 bits per heavy atom. The van der Waals surface area contributed by atoms with Crippen molar-refractivity contribution in [3.8, 4) is 0 Å². The maximum absolute atomic E-state index is 11.4. The van der Waals surface area contributed by atoms with Crippen LogP contribution in [0, 0.1) is 12.8 Å². The Morgan fingerprint density at radius 2 is 2.11 bits per heavy atom. The van der Waals surface area contributed by atoms with Gasteiger partial charge in [-0.2, -0.15) is 0 Å². The number of carbonyl (C=O) groups excluding carboxylic acids is 1. The Hall–Kier alpha value is -2.11. The Bertz CT molecular complexity index is 495. The lowest BCUT2D eigenvalue weighted by molar-refractivity contribution is -0.142. The van der Waals surface area contributed by atoms with Crippen LogP contribution < -0.4 is 4.90 Å². The van der Waals surface area contributed by atoms with Crippen molar-refractivity contribution in [3.63, 3.8) is 0 Å². The standard InChI is InChI=1S/C12H14N2O4/c1-7-9(12(17)18-2)3-4-10(13-7)14-5-8(6-14)11(15)16/h3-4,8H,5-6H2,1-2H3,(H,15,16). The van der Waals surface area contributed by atoms with Crippen LogP contribution in [0.2, 0.25) is 0 Å². The number of hydrogen-bond donors (Lipinski definition) is 1. The van der Waals surface area contributed by atoms with Gasteiger partial charge in [0.15, 0.2) is 0 Å². The van der Waals surface area contributed by atoms with Crippen LogP contribution in [0.3, 0.4) is 0 Å². The summed E-state index contributed by atoms with van der Waals surface area (Å²) in [5.74, 6) is -0.835. The predicted octanol–water partition coefficient (Wildman–Crippen LogP) is 0.697. The molecule has 1 saturated heterocycles. The molecule has 1 fully saturated rings. The maximum Gasteiger partial charge on any atom is 0.339 e. The number of carbonyl (C=O) groups is 2. The van der Waals surface area contributed by atoms with Crippen molar-refractivity contribution in [2.24, 2.45) is 5.92 Å². The highest BCUT2D eigenvalue weighted by atomic mass is 16.5. The van der Waals surface area contributed by atoms with E-state index in [1.54, 1.807) is 19.1 Å². The van der Waals surface area contributed by atoms with E-state index < -0.39 is 11.9 Å². The van der Waals surface area contributed by atoms with Crippen molar-refractivity contribution in [1.29, 1.82) is 0 Å². The molecule has 0 atom stereocenters. The molecule has 0 bridgehead atoms. The van der Waals surface area contributed by atoms with E-state index in [9.17, 15) is 9.59 Å². The number of aryl methyl sites for hydroxylation is 1. The fourth-order valence-electron chi connectivity index (χ4n) is 1.87. The molecule has 1 aliphatic heterocycles. The molecule has 1 aliphatic rings. The van der Waals surface area contributed by atoms with Gasteiger partial charge in [0.05, 0.1) is 24.3 Å². The van der Waals surface area contributed by atoms with E-state index in [0.29, 0.717) is 30.2 Å². The van der Waals surface area contributed by atoms with Gasteiger partial charge in [0.1, 0.15) is 5.82 Å². The Labute approximate surface area is 104 Å². The van der Waals surface area contributed by atoms with Gasteiger partial charge in [0, 0.05) is 13.1 Å². The molecule has 0 aromatic carbocycles. The first kappa shape index (κ1) is 12.3. The van der Waals surface area contributed by atoms with E-state index >= 15 is 0 Å². The highest BCUT2D eigenvalue weighted by Gasteiger charge is 2.33. The Balaban J connectivity index is 2.11. The summed E-state index contributed by atoms with van der Waals surface area (Å²) in [6, 6.07) is 3.36. The zero-order valence-electron chi connectivity index (χ0n) is 10.2. The number of hydrogen-bond acceptors (Lipinski definition) is 5. The molecule has 1 N–H and O–H groups in total. The Kier molecular flexibility index (Phi) is 3.18. The highest BCUT2D eigenvalue weighted by molar-refractivity contribution is 5.90. The molecule has 18 heavy (non-hydrogen) atoms. The molecule has 6 nitrogen and oxygen atoms in total. The number of carboxylic acid groups (broad SMARTS) is 1. The zero-order chi connectivity index (χ0) is 13.3. The minimum absolute atomic E-state index is 0.326. The van der Waals surface area contributed by atoms with Crippen molar-refractivity contribution in [1.82, 2.24) is 4.98 Å². The summed E-state index contributed by atoms with van der Waals surface area (Å²) in [6.07, 6.45) is 0. The third-order valence-corrected chi connectivity index (χ3v) is 3.03. The monoisotopic (exact) mass is 250 g/mol. The molecule has 1 aromatic rings. The fourth-order valence-corrected chi connectivity index (χ4v) is 1.87. The van der Waals surface area contributed by atoms with Crippen molar-refractivity contribution in [2.45, 2.75) is 6.92 Å². The molecule has 1 aromatic heterocycles. The number of carboxylic acids is 1. The van der Waals surface area contributed by atoms with Gasteiger partial charge in [-0.3, -0.25) is 4.79 Å². The fraction of sp³-hybridized carbons (Fsp3) is 0.417. The number of aliphatic carboxylic acids is 1. The van der Waals surface area contributed by atoms with Crippen LogP contribution in [0.4, 0.5) is 5.82 Å². The van der Waals surface area contributed by atoms with Crippen molar-refractivity contribution < 1.29 is 19.4 Å². The van der Waals surface area contributed by atoms with Gasteiger partial charge in [-0.15, -0.1) is 0 Å². The van der Waals surface area contributed by atoms with Gasteiger partial charge in [-0.05, 0) is 19.1 Å². The molecule has 0 amide bonds. The van der Waals surface area contributed by atoms with Crippen molar-refractivity contribution >= 4 is 17.8 Å². The normalized spacial score (nSPS) is 15.1. The quantitative estimate of drug-likeness (QED) is 0.795. The molecule has 0 saturated carbocycles. The number of nitrogens with zero attached hydrogens (tertiary/aromatic N) is 2. The second kappa shape index (κ2) is 4.64. The van der Waals surface area contributed by atoms with Gasteiger partial charge in [0.25, 0.3) is 0 Å². The highest BCUT2D eigenvalue weighted by Crippen LogP contribution is 2.24. The molecule has 2 heterocycles. The number of pyridine rings is 1. The molecule has 2 rings (SSSR count). The summed E-state index contributed by atoms with van der Waals surface area (Å²) < 4.78 is 4.64. The average Bonchev–Trinajstić information content (AvgIpc) is 2.25. The summed E-state index contributed by atoms with van der Waals surface area (Å²) >= 11 is 0. The van der Waals surface area contributed by atoms with E-state index in [-0.39, 0.29) is 5.92 Å². The predicted molar refractivity (Wildman–Crippen MR) is 63.7 cm³/mol. The first-order chi connectivity index (χ1) is 8.52. The summed E-state index contributed by atoms with van der Waals surface area (Å²) in [6.45, 7) is 2.64. The number of esters is 1. The number of anilines is 1. The van der Waals surface area contributed by atoms with Crippen LogP contribution in [-0.2, 0) is 9.53 Å². The van der Waals surface area contributed by atoms with Gasteiger partial charge in [0.2, 0.25) is 0 Å². The first-order valence-corrected chi connectivity index (χ1v) is 5.56. The maximum atomic E-state index is 11.4. The number of aromatic nitrogens is 1. The summed E-state index contributed by atoms with van der Waals surface area (Å²) in [7, 11) is 1.32. The molecule has 0 spiro atoms. The van der Waals surface area contributed by atoms with E-state index in [4.69, 9.17) is 5.11 Å². The number of rotatable bonds is 3. The second-order valence-electron chi connectivity index (χ2n) is 4.23. The van der Waals surface area contributed by atoms with E-state index in [1.807, 2.05) is 4.90 Å². The molecule has 0 aliphatic carbocycles. The smallest absolute Gasteiger partial charge is 0.339 e. The van der Waals surface area contributed by atoms with Gasteiger partial charge in [-0.1, -0.05) is 0 Å². The summed E-state index contributed by atoms with van der Waals surface area (Å²) in [4.78, 5) is 28.2. The molecule has 6 heteroatoms. The molecular weight excluding hydrogens is 236 g/mol. The van der Waals surface area contributed by atoms with Gasteiger partial charge in [-0.25, -0.2) is 9.78 Å². The van der Waals surface area contributed by atoms with Crippen LogP contribution >= 0.6 is 0 Å². The summed E-state index contributed by atoms with van der Waals surface area (Å²) in [5.41, 5.74) is 1.01. The largest absolute Gasteiger partial charge is 0.481 e. The number of methoxy groups -OCH3 is 1. The van der Waals surface area contributed by atoms with E-state index in [2.05, 4.69) is 9.72 Å². The molecule has 0 radical (unpaired) electrons. The van der Waals surface area contributed by atoms with Crippen LogP contribution in [-0.4, -0.2) is 42.2 Å².